The van der Waals surface area contributed by atoms with Gasteiger partial charge in [-0.1, -0.05) is 24.9 Å². The molecule has 1 saturated heterocycles. The van der Waals surface area contributed by atoms with Crippen molar-refractivity contribution in [3.63, 3.8) is 0 Å². The van der Waals surface area contributed by atoms with E-state index in [2.05, 4.69) is 17.9 Å². The third-order valence-electron chi connectivity index (χ3n) is 4.00. The minimum absolute atomic E-state index is 0.0851. The van der Waals surface area contributed by atoms with Crippen LogP contribution in [0, 0.1) is 0 Å². The minimum Gasteiger partial charge on any atom is -0.395 e. The molecule has 108 valence electrons. The number of aliphatic hydroxyl groups is 1. The highest BCUT2D eigenvalue weighted by atomic mass is 35.5. The molecule has 19 heavy (non-hydrogen) atoms. The molecule has 1 aliphatic heterocycles. The van der Waals surface area contributed by atoms with Crippen molar-refractivity contribution in [2.45, 2.75) is 50.7 Å². The minimum atomic E-state index is 0.0851. The summed E-state index contributed by atoms with van der Waals surface area (Å²) in [5.74, 6) is 0. The zero-order valence-electron chi connectivity index (χ0n) is 11.4. The fourth-order valence-corrected chi connectivity index (χ4v) is 4.17. The first-order valence-electron chi connectivity index (χ1n) is 7.04. The molecule has 1 aromatic heterocycles. The monoisotopic (exact) mass is 302 g/mol. The maximum Gasteiger partial charge on any atom is 0.0931 e. The van der Waals surface area contributed by atoms with E-state index in [-0.39, 0.29) is 24.7 Å². The molecule has 0 spiro atoms. The highest BCUT2D eigenvalue weighted by molar-refractivity contribution is 7.16. The van der Waals surface area contributed by atoms with Gasteiger partial charge in [0.25, 0.3) is 0 Å². The number of piperidine rings is 1. The number of nitrogens with zero attached hydrogens (tertiary/aromatic N) is 1. The number of rotatable bonds is 5. The summed E-state index contributed by atoms with van der Waals surface area (Å²) >= 11 is 7.68. The Bertz CT molecular complexity index is 399. The lowest BCUT2D eigenvalue weighted by atomic mass is 9.95. The van der Waals surface area contributed by atoms with Crippen LogP contribution in [-0.2, 0) is 0 Å². The van der Waals surface area contributed by atoms with Crippen molar-refractivity contribution in [2.24, 2.45) is 5.73 Å². The molecule has 0 saturated carbocycles. The van der Waals surface area contributed by atoms with Gasteiger partial charge in [0.05, 0.1) is 17.0 Å². The molecule has 5 heteroatoms. The van der Waals surface area contributed by atoms with Crippen molar-refractivity contribution < 1.29 is 5.11 Å². The lowest BCUT2D eigenvalue weighted by Crippen LogP contribution is -2.49. The van der Waals surface area contributed by atoms with Crippen molar-refractivity contribution in [2.75, 3.05) is 13.2 Å². The second-order valence-corrected chi connectivity index (χ2v) is 6.98. The van der Waals surface area contributed by atoms with Gasteiger partial charge in [0.1, 0.15) is 0 Å². The first-order chi connectivity index (χ1) is 9.17. The van der Waals surface area contributed by atoms with E-state index in [0.29, 0.717) is 0 Å². The van der Waals surface area contributed by atoms with Crippen LogP contribution in [0.1, 0.15) is 43.5 Å². The van der Waals surface area contributed by atoms with Gasteiger partial charge in [-0.05, 0) is 37.9 Å². The standard InChI is InChI=1S/C14H23ClN2OS/c1-2-11(16)14(12-6-7-13(15)19-12)17-8-4-3-5-10(17)9-18/h6-7,10-11,14,18H,2-5,8-9,16H2,1H3. The lowest BCUT2D eigenvalue weighted by Gasteiger charge is -2.42. The number of halogens is 1. The Kier molecular flexibility index (Phi) is 5.66. The molecular formula is C14H23ClN2OS. The number of likely N-dealkylation sites (tertiary alicyclic amines) is 1. The van der Waals surface area contributed by atoms with E-state index >= 15 is 0 Å². The van der Waals surface area contributed by atoms with E-state index in [4.69, 9.17) is 17.3 Å². The molecule has 1 aromatic rings. The van der Waals surface area contributed by atoms with Crippen LogP contribution in [-0.4, -0.2) is 35.2 Å². The smallest absolute Gasteiger partial charge is 0.0931 e. The largest absolute Gasteiger partial charge is 0.395 e. The average Bonchev–Trinajstić information content (AvgIpc) is 2.85. The molecule has 3 unspecified atom stereocenters. The molecule has 1 fully saturated rings. The van der Waals surface area contributed by atoms with Crippen LogP contribution < -0.4 is 5.73 Å². The van der Waals surface area contributed by atoms with Crippen molar-refractivity contribution in [1.29, 1.82) is 0 Å². The third kappa shape index (κ3) is 3.50. The van der Waals surface area contributed by atoms with Crippen LogP contribution in [0.4, 0.5) is 0 Å². The van der Waals surface area contributed by atoms with E-state index in [1.54, 1.807) is 11.3 Å². The number of aliphatic hydroxyl groups excluding tert-OH is 1. The molecule has 1 aliphatic rings. The highest BCUT2D eigenvalue weighted by Crippen LogP contribution is 2.36. The lowest BCUT2D eigenvalue weighted by molar-refractivity contribution is 0.0430. The Morgan fingerprint density at radius 2 is 2.32 bits per heavy atom. The Hall–Kier alpha value is -0.130. The number of hydrogen-bond acceptors (Lipinski definition) is 4. The van der Waals surface area contributed by atoms with Crippen LogP contribution in [0.15, 0.2) is 12.1 Å². The third-order valence-corrected chi connectivity index (χ3v) is 5.30. The van der Waals surface area contributed by atoms with Gasteiger partial charge in [-0.15, -0.1) is 11.3 Å². The molecule has 2 heterocycles. The summed E-state index contributed by atoms with van der Waals surface area (Å²) in [5.41, 5.74) is 6.35. The van der Waals surface area contributed by atoms with Gasteiger partial charge < -0.3 is 10.8 Å². The molecule has 0 aliphatic carbocycles. The second-order valence-electron chi connectivity index (χ2n) is 5.23. The molecular weight excluding hydrogens is 280 g/mol. The van der Waals surface area contributed by atoms with Crippen LogP contribution in [0.25, 0.3) is 0 Å². The topological polar surface area (TPSA) is 49.5 Å². The summed E-state index contributed by atoms with van der Waals surface area (Å²) in [4.78, 5) is 3.61. The van der Waals surface area contributed by atoms with E-state index in [9.17, 15) is 5.11 Å². The summed E-state index contributed by atoms with van der Waals surface area (Å²) in [6.07, 6.45) is 4.36. The Balaban J connectivity index is 2.26. The van der Waals surface area contributed by atoms with Crippen molar-refractivity contribution in [3.8, 4) is 0 Å². The molecule has 0 aromatic carbocycles. The van der Waals surface area contributed by atoms with Gasteiger partial charge in [0.2, 0.25) is 0 Å². The van der Waals surface area contributed by atoms with Gasteiger partial charge in [-0.3, -0.25) is 4.90 Å². The Morgan fingerprint density at radius 3 is 2.89 bits per heavy atom. The molecule has 3 atom stereocenters. The van der Waals surface area contributed by atoms with Crippen LogP contribution >= 0.6 is 22.9 Å². The summed E-state index contributed by atoms with van der Waals surface area (Å²) in [7, 11) is 0. The normalized spacial score (nSPS) is 24.3. The van der Waals surface area contributed by atoms with Gasteiger partial charge in [0, 0.05) is 17.0 Å². The quantitative estimate of drug-likeness (QED) is 0.879. The number of nitrogens with two attached hydrogens (primary N) is 1. The molecule has 3 nitrogen and oxygen atoms in total. The zero-order chi connectivity index (χ0) is 13.8. The Morgan fingerprint density at radius 1 is 1.53 bits per heavy atom. The fourth-order valence-electron chi connectivity index (χ4n) is 2.92. The van der Waals surface area contributed by atoms with Crippen molar-refractivity contribution in [1.82, 2.24) is 4.90 Å². The second kappa shape index (κ2) is 7.04. The molecule has 3 N–H and O–H groups in total. The van der Waals surface area contributed by atoms with Crippen LogP contribution in [0.2, 0.25) is 4.34 Å². The number of thiophene rings is 1. The van der Waals surface area contributed by atoms with Gasteiger partial charge >= 0.3 is 0 Å². The average molecular weight is 303 g/mol. The van der Waals surface area contributed by atoms with Crippen molar-refractivity contribution in [3.05, 3.63) is 21.3 Å². The summed E-state index contributed by atoms with van der Waals surface area (Å²) in [5, 5.41) is 9.61. The van der Waals surface area contributed by atoms with E-state index in [1.807, 2.05) is 6.07 Å². The predicted molar refractivity (Wildman–Crippen MR) is 81.8 cm³/mol. The maximum atomic E-state index is 9.61. The first kappa shape index (κ1) is 15.3. The summed E-state index contributed by atoms with van der Waals surface area (Å²) in [6, 6.07) is 4.52. The van der Waals surface area contributed by atoms with Gasteiger partial charge in [-0.2, -0.15) is 0 Å². The SMILES string of the molecule is CCC(N)C(c1ccc(Cl)s1)N1CCCCC1CO. The van der Waals surface area contributed by atoms with Gasteiger partial charge in [0.15, 0.2) is 0 Å². The van der Waals surface area contributed by atoms with Gasteiger partial charge in [-0.25, -0.2) is 0 Å². The highest BCUT2D eigenvalue weighted by Gasteiger charge is 2.33. The van der Waals surface area contributed by atoms with Crippen molar-refractivity contribution >= 4 is 22.9 Å². The zero-order valence-corrected chi connectivity index (χ0v) is 13.0. The summed E-state index contributed by atoms with van der Waals surface area (Å²) in [6.45, 7) is 3.34. The summed E-state index contributed by atoms with van der Waals surface area (Å²) < 4.78 is 0.806. The van der Waals surface area contributed by atoms with E-state index in [1.165, 1.54) is 17.7 Å². The van der Waals surface area contributed by atoms with Crippen LogP contribution in [0.3, 0.4) is 0 Å². The Labute approximate surface area is 124 Å². The fraction of sp³-hybridized carbons (Fsp3) is 0.714. The molecule has 2 rings (SSSR count). The first-order valence-corrected chi connectivity index (χ1v) is 8.24. The maximum absolute atomic E-state index is 9.61. The molecule has 0 radical (unpaired) electrons. The predicted octanol–water partition coefficient (Wildman–Crippen LogP) is 3.03. The molecule has 0 bridgehead atoms. The van der Waals surface area contributed by atoms with E-state index in [0.717, 1.165) is 23.7 Å². The van der Waals surface area contributed by atoms with Crippen LogP contribution in [0.5, 0.6) is 0 Å². The number of hydrogen-bond donors (Lipinski definition) is 2. The van der Waals surface area contributed by atoms with E-state index < -0.39 is 0 Å². The molecule has 0 amide bonds.